The van der Waals surface area contributed by atoms with Crippen molar-refractivity contribution in [2.24, 2.45) is 0 Å². The van der Waals surface area contributed by atoms with Crippen LogP contribution in [0.25, 0.3) is 87.7 Å². The Kier molecular flexibility index (Phi) is 5.12. The lowest BCUT2D eigenvalue weighted by atomic mass is 9.93. The van der Waals surface area contributed by atoms with E-state index < -0.39 is 60.4 Å². The summed E-state index contributed by atoms with van der Waals surface area (Å²) in [4.78, 5) is 13.6. The van der Waals surface area contributed by atoms with Gasteiger partial charge in [-0.1, -0.05) is 133 Å². The molecule has 3 nitrogen and oxygen atoms in total. The molecule has 0 unspecified atom stereocenters. The second kappa shape index (κ2) is 12.4. The largest absolute Gasteiger partial charge is 0.208 e. The molecule has 0 fully saturated rings. The summed E-state index contributed by atoms with van der Waals surface area (Å²) < 4.78 is 85.9. The van der Waals surface area contributed by atoms with E-state index in [9.17, 15) is 0 Å². The van der Waals surface area contributed by atoms with Crippen LogP contribution >= 0.6 is 11.3 Å². The first-order valence-corrected chi connectivity index (χ1v) is 16.3. The van der Waals surface area contributed by atoms with Crippen molar-refractivity contribution in [3.63, 3.8) is 0 Å². The summed E-state index contributed by atoms with van der Waals surface area (Å²) >= 11 is 1.62. The molecule has 230 valence electrons. The van der Waals surface area contributed by atoms with Crippen molar-refractivity contribution in [1.29, 1.82) is 0 Å². The van der Waals surface area contributed by atoms with E-state index >= 15 is 0 Å². The molecule has 2 aromatic heterocycles. The van der Waals surface area contributed by atoms with Crippen molar-refractivity contribution in [3.05, 3.63) is 176 Å². The molecule has 0 aliphatic heterocycles. The standard InChI is InChI=1S/C45H29N3S/c1-5-13-30(14-6-1)36-25-37(31-15-7-2-8-16-31)27-38(26-36)34-21-23-39-40-28-35(22-24-41(40)49-42(39)29-34)45-47-43(32-17-9-3-10-18-32)46-44(48-45)33-19-11-4-12-20-33/h1-29H/i3D,4D,9D,10D,11D,12D,17D,18D,19D,20D. The molecule has 4 heteroatoms. The molecule has 49 heavy (non-hydrogen) atoms. The van der Waals surface area contributed by atoms with Crippen molar-refractivity contribution in [2.45, 2.75) is 0 Å². The Hall–Kier alpha value is -6.23. The van der Waals surface area contributed by atoms with Gasteiger partial charge in [-0.05, 0) is 75.8 Å². The van der Waals surface area contributed by atoms with Crippen LogP contribution in [0, 0.1) is 0 Å². The predicted octanol–water partition coefficient (Wildman–Crippen LogP) is 12.2. The highest BCUT2D eigenvalue weighted by Crippen LogP contribution is 2.40. The van der Waals surface area contributed by atoms with E-state index in [2.05, 4.69) is 75.6 Å². The minimum absolute atomic E-state index is 0.0210. The lowest BCUT2D eigenvalue weighted by Gasteiger charge is -2.11. The highest BCUT2D eigenvalue weighted by Gasteiger charge is 2.15. The molecule has 0 aliphatic rings. The van der Waals surface area contributed by atoms with Crippen LogP contribution in [0.2, 0.25) is 0 Å². The fourth-order valence-electron chi connectivity index (χ4n) is 5.94. The third-order valence-electron chi connectivity index (χ3n) is 8.29. The lowest BCUT2D eigenvalue weighted by molar-refractivity contribution is 1.07. The van der Waals surface area contributed by atoms with E-state index in [0.717, 1.165) is 53.6 Å². The zero-order valence-electron chi connectivity index (χ0n) is 35.7. The zero-order valence-corrected chi connectivity index (χ0v) is 26.5. The fourth-order valence-corrected chi connectivity index (χ4v) is 7.06. The van der Waals surface area contributed by atoms with E-state index in [4.69, 9.17) is 13.7 Å². The Morgan fingerprint density at radius 3 is 1.39 bits per heavy atom. The molecule has 0 spiro atoms. The molecule has 0 radical (unpaired) electrons. The van der Waals surface area contributed by atoms with Crippen LogP contribution in [0.4, 0.5) is 0 Å². The van der Waals surface area contributed by atoms with Gasteiger partial charge in [-0.3, -0.25) is 0 Å². The minimum atomic E-state index is -0.596. The molecule has 0 amide bonds. The minimum Gasteiger partial charge on any atom is -0.208 e. The number of thiophene rings is 1. The van der Waals surface area contributed by atoms with Gasteiger partial charge in [-0.2, -0.15) is 0 Å². The Balaban J connectivity index is 1.21. The zero-order chi connectivity index (χ0) is 41.3. The number of aromatic nitrogens is 3. The number of hydrogen-bond donors (Lipinski definition) is 0. The van der Waals surface area contributed by atoms with Crippen LogP contribution in [0.5, 0.6) is 0 Å². The van der Waals surface area contributed by atoms with Crippen LogP contribution < -0.4 is 0 Å². The van der Waals surface area contributed by atoms with Gasteiger partial charge in [0.05, 0.1) is 13.7 Å². The van der Waals surface area contributed by atoms with Crippen LogP contribution in [0.15, 0.2) is 176 Å². The van der Waals surface area contributed by atoms with E-state index in [1.165, 1.54) is 0 Å². The first-order chi connectivity index (χ1) is 28.4. The van der Waals surface area contributed by atoms with Crippen LogP contribution in [-0.2, 0) is 0 Å². The molecule has 0 N–H and O–H groups in total. The Morgan fingerprint density at radius 1 is 0.347 bits per heavy atom. The smallest absolute Gasteiger partial charge is 0.164 e. The fraction of sp³-hybridized carbons (Fsp3) is 0. The van der Waals surface area contributed by atoms with Gasteiger partial charge in [0, 0.05) is 36.9 Å². The van der Waals surface area contributed by atoms with Gasteiger partial charge >= 0.3 is 0 Å². The summed E-state index contributed by atoms with van der Waals surface area (Å²) in [6.45, 7) is 0. The highest BCUT2D eigenvalue weighted by atomic mass is 32.1. The number of nitrogens with zero attached hydrogens (tertiary/aromatic N) is 3. The van der Waals surface area contributed by atoms with Crippen LogP contribution in [0.1, 0.15) is 13.7 Å². The van der Waals surface area contributed by atoms with Gasteiger partial charge in [0.15, 0.2) is 17.5 Å². The van der Waals surface area contributed by atoms with Gasteiger partial charge in [-0.15, -0.1) is 11.3 Å². The first-order valence-electron chi connectivity index (χ1n) is 20.5. The van der Waals surface area contributed by atoms with E-state index in [1.807, 2.05) is 48.5 Å². The second-order valence-electron chi connectivity index (χ2n) is 11.4. The third-order valence-corrected chi connectivity index (χ3v) is 9.43. The maximum Gasteiger partial charge on any atom is 0.164 e. The maximum absolute atomic E-state index is 8.64. The number of fused-ring (bicyclic) bond motifs is 3. The molecule has 9 aromatic rings. The van der Waals surface area contributed by atoms with Gasteiger partial charge < -0.3 is 0 Å². The number of rotatable bonds is 6. The summed E-state index contributed by atoms with van der Waals surface area (Å²) in [5, 5.41) is 1.87. The molecule has 0 aliphatic carbocycles. The summed E-state index contributed by atoms with van der Waals surface area (Å²) in [7, 11) is 0. The summed E-state index contributed by atoms with van der Waals surface area (Å²) in [5.41, 5.74) is 6.41. The normalized spacial score (nSPS) is 14.1. The number of benzene rings is 7. The SMILES string of the molecule is [2H]c1c([2H])c([2H])c(-c2nc(-c3ccc4sc5cc(-c6cc(-c7ccccc7)cc(-c7ccccc7)c6)ccc5c4c3)nc(-c3c([2H])c([2H])c([2H])c([2H])c3[2H])n2)c([2H])c1[2H]. The molecule has 9 rings (SSSR count). The van der Waals surface area contributed by atoms with Gasteiger partial charge in [0.2, 0.25) is 0 Å². The van der Waals surface area contributed by atoms with Gasteiger partial charge in [0.25, 0.3) is 0 Å². The molecule has 0 saturated carbocycles. The monoisotopic (exact) mass is 653 g/mol. The molecule has 7 aromatic carbocycles. The van der Waals surface area contributed by atoms with Crippen molar-refractivity contribution in [1.82, 2.24) is 15.0 Å². The van der Waals surface area contributed by atoms with Gasteiger partial charge in [0.1, 0.15) is 0 Å². The Labute approximate surface area is 302 Å². The highest BCUT2D eigenvalue weighted by molar-refractivity contribution is 7.25. The van der Waals surface area contributed by atoms with Crippen molar-refractivity contribution in [3.8, 4) is 67.5 Å². The average molecular weight is 654 g/mol. The predicted molar refractivity (Wildman–Crippen MR) is 205 cm³/mol. The van der Waals surface area contributed by atoms with Gasteiger partial charge in [-0.25, -0.2) is 15.0 Å². The average Bonchev–Trinajstić information content (AvgIpc) is 3.64. The van der Waals surface area contributed by atoms with Crippen molar-refractivity contribution >= 4 is 31.5 Å². The topological polar surface area (TPSA) is 38.7 Å². The molecule has 2 heterocycles. The van der Waals surface area contributed by atoms with E-state index in [1.54, 1.807) is 17.4 Å². The van der Waals surface area contributed by atoms with E-state index in [0.29, 0.717) is 5.56 Å². The second-order valence-corrected chi connectivity index (χ2v) is 12.4. The van der Waals surface area contributed by atoms with Crippen molar-refractivity contribution < 1.29 is 13.7 Å². The lowest BCUT2D eigenvalue weighted by Crippen LogP contribution is -2.00. The number of hydrogen-bond acceptors (Lipinski definition) is 4. The van der Waals surface area contributed by atoms with E-state index in [-0.39, 0.29) is 28.6 Å². The Morgan fingerprint density at radius 2 is 0.837 bits per heavy atom. The maximum atomic E-state index is 8.64. The molecule has 0 atom stereocenters. The quantitative estimate of drug-likeness (QED) is 0.179. The van der Waals surface area contributed by atoms with Crippen LogP contribution in [-0.4, -0.2) is 15.0 Å². The van der Waals surface area contributed by atoms with Crippen molar-refractivity contribution in [2.75, 3.05) is 0 Å². The molecule has 0 bridgehead atoms. The summed E-state index contributed by atoms with van der Waals surface area (Å²) in [6.07, 6.45) is 0. The molecule has 0 saturated heterocycles. The first kappa shape index (κ1) is 20.2. The summed E-state index contributed by atoms with van der Waals surface area (Å²) in [6, 6.07) is 33.3. The Bertz CT molecular complexity index is 2970. The molecular formula is C45H29N3S. The van der Waals surface area contributed by atoms with Crippen LogP contribution in [0.3, 0.4) is 0 Å². The molecular weight excluding hydrogens is 615 g/mol. The summed E-state index contributed by atoms with van der Waals surface area (Å²) in [5.74, 6) is -0.588. The third kappa shape index (κ3) is 5.69.